The number of carbonyl (C=O) groups excluding carboxylic acids is 1. The van der Waals surface area contributed by atoms with Crippen LogP contribution in [0.1, 0.15) is 61.9 Å². The van der Waals surface area contributed by atoms with E-state index in [2.05, 4.69) is 20.6 Å². The number of anilines is 2. The molecule has 8 heteroatoms. The van der Waals surface area contributed by atoms with Gasteiger partial charge in [-0.15, -0.1) is 0 Å². The fourth-order valence-electron chi connectivity index (χ4n) is 4.70. The summed E-state index contributed by atoms with van der Waals surface area (Å²) >= 11 is 12.6. The number of benzene rings is 2. The fraction of sp³-hybridized carbons (Fsp3) is 0.417. The SMILES string of the molecule is CC1(C)Cc2c(c(C(=O)NC3CCCCC3)cc3nc(Nc4c(Cl)cccc4Cl)[nH]c23)O1. The highest BCUT2D eigenvalue weighted by atomic mass is 35.5. The van der Waals surface area contributed by atoms with Crippen LogP contribution in [-0.4, -0.2) is 27.5 Å². The van der Waals surface area contributed by atoms with Crippen LogP contribution in [0.2, 0.25) is 10.0 Å². The normalized spacial score (nSPS) is 17.8. The van der Waals surface area contributed by atoms with E-state index in [1.807, 2.05) is 19.9 Å². The Kier molecular flexibility index (Phi) is 5.46. The van der Waals surface area contributed by atoms with Crippen LogP contribution >= 0.6 is 23.2 Å². The van der Waals surface area contributed by atoms with Gasteiger partial charge in [0.05, 0.1) is 32.3 Å². The Labute approximate surface area is 197 Å². The van der Waals surface area contributed by atoms with Crippen molar-refractivity contribution in [1.82, 2.24) is 15.3 Å². The van der Waals surface area contributed by atoms with Crippen LogP contribution in [0, 0.1) is 0 Å². The Morgan fingerprint density at radius 2 is 1.91 bits per heavy atom. The molecule has 1 aromatic heterocycles. The van der Waals surface area contributed by atoms with Crippen molar-refractivity contribution >= 4 is 51.8 Å². The number of para-hydroxylation sites is 1. The Bertz CT molecular complexity index is 1180. The van der Waals surface area contributed by atoms with Gasteiger partial charge in [-0.2, -0.15) is 0 Å². The van der Waals surface area contributed by atoms with Crippen LogP contribution in [0.4, 0.5) is 11.6 Å². The third kappa shape index (κ3) is 4.02. The molecule has 0 unspecified atom stereocenters. The van der Waals surface area contributed by atoms with Gasteiger partial charge in [-0.1, -0.05) is 48.5 Å². The van der Waals surface area contributed by atoms with Crippen LogP contribution < -0.4 is 15.4 Å². The molecule has 0 atom stereocenters. The van der Waals surface area contributed by atoms with Crippen molar-refractivity contribution in [2.45, 2.75) is 64.0 Å². The molecule has 0 radical (unpaired) electrons. The number of aromatic nitrogens is 2. The van der Waals surface area contributed by atoms with E-state index in [4.69, 9.17) is 27.9 Å². The monoisotopic (exact) mass is 472 g/mol. The van der Waals surface area contributed by atoms with Gasteiger partial charge >= 0.3 is 0 Å². The molecule has 32 heavy (non-hydrogen) atoms. The average molecular weight is 473 g/mol. The van der Waals surface area contributed by atoms with Crippen LogP contribution in [0.25, 0.3) is 11.0 Å². The van der Waals surface area contributed by atoms with E-state index in [-0.39, 0.29) is 11.9 Å². The molecule has 168 valence electrons. The van der Waals surface area contributed by atoms with E-state index in [9.17, 15) is 4.79 Å². The van der Waals surface area contributed by atoms with E-state index in [0.717, 1.165) is 36.8 Å². The lowest BCUT2D eigenvalue weighted by Crippen LogP contribution is -2.36. The second-order valence-electron chi connectivity index (χ2n) is 9.28. The zero-order valence-electron chi connectivity index (χ0n) is 18.1. The largest absolute Gasteiger partial charge is 0.486 e. The number of hydrogen-bond acceptors (Lipinski definition) is 4. The first kappa shape index (κ1) is 21.4. The number of nitrogens with zero attached hydrogens (tertiary/aromatic N) is 1. The average Bonchev–Trinajstić information content (AvgIpc) is 3.30. The van der Waals surface area contributed by atoms with Crippen LogP contribution in [0.3, 0.4) is 0 Å². The summed E-state index contributed by atoms with van der Waals surface area (Å²) in [7, 11) is 0. The molecule has 2 heterocycles. The molecule has 0 saturated heterocycles. The fourth-order valence-corrected chi connectivity index (χ4v) is 5.19. The van der Waals surface area contributed by atoms with Gasteiger partial charge in [0.25, 0.3) is 5.91 Å². The number of rotatable bonds is 4. The number of fused-ring (bicyclic) bond motifs is 3. The number of halogens is 2. The first-order valence-corrected chi connectivity index (χ1v) is 11.8. The smallest absolute Gasteiger partial charge is 0.255 e. The second kappa shape index (κ2) is 8.16. The highest BCUT2D eigenvalue weighted by Crippen LogP contribution is 2.42. The zero-order valence-corrected chi connectivity index (χ0v) is 19.7. The van der Waals surface area contributed by atoms with Gasteiger partial charge in [0.1, 0.15) is 11.4 Å². The summed E-state index contributed by atoms with van der Waals surface area (Å²) in [5.41, 5.74) is 3.24. The first-order chi connectivity index (χ1) is 15.3. The van der Waals surface area contributed by atoms with Gasteiger partial charge in [-0.25, -0.2) is 4.98 Å². The Hall–Kier alpha value is -2.44. The first-order valence-electron chi connectivity index (χ1n) is 11.1. The molecule has 0 spiro atoms. The van der Waals surface area contributed by atoms with Crippen molar-refractivity contribution in [1.29, 1.82) is 0 Å². The molecule has 2 aliphatic rings. The van der Waals surface area contributed by atoms with Gasteiger partial charge < -0.3 is 20.4 Å². The lowest BCUT2D eigenvalue weighted by Gasteiger charge is -2.23. The minimum atomic E-state index is -0.402. The van der Waals surface area contributed by atoms with E-state index < -0.39 is 5.60 Å². The Morgan fingerprint density at radius 1 is 1.19 bits per heavy atom. The summed E-state index contributed by atoms with van der Waals surface area (Å²) in [6.45, 7) is 4.06. The maximum Gasteiger partial charge on any atom is 0.255 e. The standard InChI is InChI=1S/C24H26Cl2N4O2/c1-24(2)12-15-19-18(28-23(29-19)30-20-16(25)9-6-10-17(20)26)11-14(21(15)32-24)22(31)27-13-7-4-3-5-8-13/h6,9-11,13H,3-5,7-8,12H2,1-2H3,(H,27,31)(H2,28,29,30). The lowest BCUT2D eigenvalue weighted by molar-refractivity contribution is 0.0914. The molecule has 2 aromatic carbocycles. The molecular weight excluding hydrogens is 447 g/mol. The quantitative estimate of drug-likeness (QED) is 0.410. The maximum absolute atomic E-state index is 13.2. The van der Waals surface area contributed by atoms with Crippen molar-refractivity contribution in [3.8, 4) is 5.75 Å². The summed E-state index contributed by atoms with van der Waals surface area (Å²) in [5, 5.41) is 7.40. The van der Waals surface area contributed by atoms with E-state index in [1.165, 1.54) is 6.42 Å². The van der Waals surface area contributed by atoms with Crippen molar-refractivity contribution in [3.05, 3.63) is 45.4 Å². The predicted octanol–water partition coefficient (Wildman–Crippen LogP) is 6.39. The summed E-state index contributed by atoms with van der Waals surface area (Å²) < 4.78 is 6.24. The molecule has 6 nitrogen and oxygen atoms in total. The van der Waals surface area contributed by atoms with Gasteiger partial charge in [0.15, 0.2) is 0 Å². The van der Waals surface area contributed by atoms with Crippen LogP contribution in [0.5, 0.6) is 5.75 Å². The highest BCUT2D eigenvalue weighted by molar-refractivity contribution is 6.39. The number of nitrogens with one attached hydrogen (secondary N) is 3. The van der Waals surface area contributed by atoms with Gasteiger partial charge in [-0.05, 0) is 44.9 Å². The molecule has 1 amide bonds. The van der Waals surface area contributed by atoms with Crippen molar-refractivity contribution in [3.63, 3.8) is 0 Å². The predicted molar refractivity (Wildman–Crippen MR) is 129 cm³/mol. The summed E-state index contributed by atoms with van der Waals surface area (Å²) in [6, 6.07) is 7.35. The van der Waals surface area contributed by atoms with E-state index >= 15 is 0 Å². The van der Waals surface area contributed by atoms with E-state index in [0.29, 0.717) is 44.9 Å². The third-order valence-corrected chi connectivity index (χ3v) is 6.84. The van der Waals surface area contributed by atoms with Crippen molar-refractivity contribution < 1.29 is 9.53 Å². The molecule has 0 bridgehead atoms. The number of amides is 1. The zero-order chi connectivity index (χ0) is 22.5. The van der Waals surface area contributed by atoms with Gasteiger partial charge in [0, 0.05) is 18.0 Å². The summed E-state index contributed by atoms with van der Waals surface area (Å²) in [6.07, 6.45) is 6.28. The van der Waals surface area contributed by atoms with Crippen LogP contribution in [0.15, 0.2) is 24.3 Å². The lowest BCUT2D eigenvalue weighted by atomic mass is 9.95. The third-order valence-electron chi connectivity index (χ3n) is 6.21. The molecule has 1 saturated carbocycles. The molecule has 1 fully saturated rings. The minimum Gasteiger partial charge on any atom is -0.486 e. The number of hydrogen-bond donors (Lipinski definition) is 3. The molecule has 1 aliphatic carbocycles. The number of carbonyl (C=O) groups is 1. The van der Waals surface area contributed by atoms with Gasteiger partial charge in [0.2, 0.25) is 5.95 Å². The topological polar surface area (TPSA) is 79.0 Å². The van der Waals surface area contributed by atoms with Crippen LogP contribution in [-0.2, 0) is 6.42 Å². The van der Waals surface area contributed by atoms with E-state index in [1.54, 1.807) is 18.2 Å². The number of imidazole rings is 1. The molecule has 3 N–H and O–H groups in total. The maximum atomic E-state index is 13.2. The van der Waals surface area contributed by atoms with Crippen molar-refractivity contribution in [2.24, 2.45) is 0 Å². The molecule has 3 aromatic rings. The van der Waals surface area contributed by atoms with Gasteiger partial charge in [-0.3, -0.25) is 4.79 Å². The molecule has 1 aliphatic heterocycles. The summed E-state index contributed by atoms with van der Waals surface area (Å²) in [5.74, 6) is 1.05. The summed E-state index contributed by atoms with van der Waals surface area (Å²) in [4.78, 5) is 21.3. The number of H-pyrrole nitrogens is 1. The molecular formula is C24H26Cl2N4O2. The minimum absolute atomic E-state index is 0.0978. The number of ether oxygens (including phenoxy) is 1. The second-order valence-corrected chi connectivity index (χ2v) is 10.1. The Morgan fingerprint density at radius 3 is 2.62 bits per heavy atom. The molecule has 5 rings (SSSR count). The highest BCUT2D eigenvalue weighted by Gasteiger charge is 2.36. The van der Waals surface area contributed by atoms with Crippen molar-refractivity contribution in [2.75, 3.05) is 5.32 Å². The number of aromatic amines is 1. The Balaban J connectivity index is 1.53.